The summed E-state index contributed by atoms with van der Waals surface area (Å²) in [5.41, 5.74) is 7.17. The first-order valence-corrected chi connectivity index (χ1v) is 3.78. The summed E-state index contributed by atoms with van der Waals surface area (Å²) in [7, 11) is 0. The molecule has 0 radical (unpaired) electrons. The van der Waals surface area contributed by atoms with Crippen LogP contribution < -0.4 is 5.73 Å². The van der Waals surface area contributed by atoms with E-state index in [9.17, 15) is 0 Å². The van der Waals surface area contributed by atoms with E-state index in [4.69, 9.17) is 11.1 Å². The molecule has 0 atom stereocenters. The fraction of sp³-hybridized carbons (Fsp3) is 0.100. The second kappa shape index (κ2) is 3.72. The SMILES string of the molecule is C/C(=C\c1ccccc1)C(=N)N. The van der Waals surface area contributed by atoms with E-state index in [2.05, 4.69) is 0 Å². The van der Waals surface area contributed by atoms with E-state index in [1.807, 2.05) is 43.3 Å². The molecule has 1 aromatic carbocycles. The summed E-state index contributed by atoms with van der Waals surface area (Å²) in [5, 5.41) is 7.16. The second-order valence-electron chi connectivity index (χ2n) is 2.65. The van der Waals surface area contributed by atoms with E-state index in [0.717, 1.165) is 11.1 Å². The lowest BCUT2D eigenvalue weighted by Crippen LogP contribution is -2.10. The molecule has 2 nitrogen and oxygen atoms in total. The standard InChI is InChI=1S/C10H12N2/c1-8(10(11)12)7-9-5-3-2-4-6-9/h2-7H,1H3,(H3,11,12)/b8-7+. The molecule has 0 aromatic heterocycles. The number of hydrogen-bond acceptors (Lipinski definition) is 1. The van der Waals surface area contributed by atoms with E-state index in [-0.39, 0.29) is 5.84 Å². The number of nitrogens with one attached hydrogen (secondary N) is 1. The van der Waals surface area contributed by atoms with Gasteiger partial charge in [-0.05, 0) is 24.1 Å². The quantitative estimate of drug-likeness (QED) is 0.504. The molecule has 62 valence electrons. The maximum atomic E-state index is 7.16. The highest BCUT2D eigenvalue weighted by atomic mass is 14.7. The van der Waals surface area contributed by atoms with Crippen molar-refractivity contribution in [2.24, 2.45) is 5.73 Å². The molecular formula is C10H12N2. The Morgan fingerprint density at radius 1 is 1.33 bits per heavy atom. The molecule has 0 bridgehead atoms. The minimum Gasteiger partial charge on any atom is -0.384 e. The highest BCUT2D eigenvalue weighted by Crippen LogP contribution is 2.04. The van der Waals surface area contributed by atoms with Gasteiger partial charge in [0.1, 0.15) is 5.84 Å². The Hall–Kier alpha value is -1.57. The molecule has 12 heavy (non-hydrogen) atoms. The molecule has 0 fully saturated rings. The van der Waals surface area contributed by atoms with Gasteiger partial charge in [0.2, 0.25) is 0 Å². The Bertz CT molecular complexity index is 299. The first-order valence-electron chi connectivity index (χ1n) is 3.78. The minimum absolute atomic E-state index is 0.124. The maximum absolute atomic E-state index is 7.16. The van der Waals surface area contributed by atoms with Crippen molar-refractivity contribution in [3.8, 4) is 0 Å². The van der Waals surface area contributed by atoms with E-state index in [1.165, 1.54) is 0 Å². The fourth-order valence-corrected chi connectivity index (χ4v) is 0.877. The molecule has 0 aliphatic heterocycles. The van der Waals surface area contributed by atoms with Crippen molar-refractivity contribution in [1.82, 2.24) is 0 Å². The third-order valence-electron chi connectivity index (χ3n) is 1.61. The fourth-order valence-electron chi connectivity index (χ4n) is 0.877. The average Bonchev–Trinajstić information content (AvgIpc) is 2.06. The lowest BCUT2D eigenvalue weighted by atomic mass is 10.1. The second-order valence-corrected chi connectivity index (χ2v) is 2.65. The summed E-state index contributed by atoms with van der Waals surface area (Å²) in [4.78, 5) is 0. The third-order valence-corrected chi connectivity index (χ3v) is 1.61. The molecule has 0 saturated heterocycles. The molecule has 0 aliphatic carbocycles. The molecule has 0 heterocycles. The lowest BCUT2D eigenvalue weighted by Gasteiger charge is -1.96. The van der Waals surface area contributed by atoms with Crippen molar-refractivity contribution in [2.75, 3.05) is 0 Å². The molecule has 1 rings (SSSR count). The molecule has 2 heteroatoms. The topological polar surface area (TPSA) is 49.9 Å². The molecule has 0 saturated carbocycles. The van der Waals surface area contributed by atoms with Gasteiger partial charge in [0.25, 0.3) is 0 Å². The lowest BCUT2D eigenvalue weighted by molar-refractivity contribution is 1.40. The van der Waals surface area contributed by atoms with Crippen LogP contribution in [-0.4, -0.2) is 5.84 Å². The normalized spacial score (nSPS) is 11.2. The zero-order chi connectivity index (χ0) is 8.97. The van der Waals surface area contributed by atoms with Crippen molar-refractivity contribution in [3.63, 3.8) is 0 Å². The largest absolute Gasteiger partial charge is 0.384 e. The first kappa shape index (κ1) is 8.53. The average molecular weight is 160 g/mol. The number of benzene rings is 1. The van der Waals surface area contributed by atoms with Crippen LogP contribution in [0.3, 0.4) is 0 Å². The van der Waals surface area contributed by atoms with Crippen LogP contribution in [-0.2, 0) is 0 Å². The molecule has 0 spiro atoms. The van der Waals surface area contributed by atoms with Crippen LogP contribution in [0.5, 0.6) is 0 Å². The Morgan fingerprint density at radius 3 is 2.42 bits per heavy atom. The van der Waals surface area contributed by atoms with Crippen molar-refractivity contribution < 1.29 is 0 Å². The van der Waals surface area contributed by atoms with Gasteiger partial charge in [-0.15, -0.1) is 0 Å². The van der Waals surface area contributed by atoms with Gasteiger partial charge in [0.15, 0.2) is 0 Å². The van der Waals surface area contributed by atoms with Crippen LogP contribution in [0.4, 0.5) is 0 Å². The van der Waals surface area contributed by atoms with Gasteiger partial charge in [-0.2, -0.15) is 0 Å². The Morgan fingerprint density at radius 2 is 1.92 bits per heavy atom. The maximum Gasteiger partial charge on any atom is 0.118 e. The highest BCUT2D eigenvalue weighted by molar-refractivity contribution is 5.98. The van der Waals surface area contributed by atoms with E-state index in [1.54, 1.807) is 0 Å². The Kier molecular flexibility index (Phi) is 2.64. The van der Waals surface area contributed by atoms with Gasteiger partial charge >= 0.3 is 0 Å². The zero-order valence-corrected chi connectivity index (χ0v) is 7.04. The third kappa shape index (κ3) is 2.23. The monoisotopic (exact) mass is 160 g/mol. The molecule has 3 N–H and O–H groups in total. The molecule has 1 aromatic rings. The summed E-state index contributed by atoms with van der Waals surface area (Å²) >= 11 is 0. The Balaban J connectivity index is 2.89. The summed E-state index contributed by atoms with van der Waals surface area (Å²) in [5.74, 6) is 0.124. The predicted molar refractivity (Wildman–Crippen MR) is 52.0 cm³/mol. The van der Waals surface area contributed by atoms with Crippen LogP contribution in [0.15, 0.2) is 35.9 Å². The molecule has 0 unspecified atom stereocenters. The van der Waals surface area contributed by atoms with Gasteiger partial charge in [-0.3, -0.25) is 5.41 Å². The van der Waals surface area contributed by atoms with Gasteiger partial charge in [0.05, 0.1) is 0 Å². The summed E-state index contributed by atoms with van der Waals surface area (Å²) in [6.07, 6.45) is 1.89. The van der Waals surface area contributed by atoms with Crippen molar-refractivity contribution in [3.05, 3.63) is 41.5 Å². The van der Waals surface area contributed by atoms with Gasteiger partial charge < -0.3 is 5.73 Å². The van der Waals surface area contributed by atoms with Crippen LogP contribution in [0.2, 0.25) is 0 Å². The number of rotatable bonds is 2. The number of hydrogen-bond donors (Lipinski definition) is 2. The van der Waals surface area contributed by atoms with Crippen molar-refractivity contribution in [2.45, 2.75) is 6.92 Å². The number of nitrogens with two attached hydrogens (primary N) is 1. The summed E-state index contributed by atoms with van der Waals surface area (Å²) < 4.78 is 0. The van der Waals surface area contributed by atoms with Gasteiger partial charge in [0, 0.05) is 0 Å². The van der Waals surface area contributed by atoms with E-state index in [0.29, 0.717) is 0 Å². The smallest absolute Gasteiger partial charge is 0.118 e. The predicted octanol–water partition coefficient (Wildman–Crippen LogP) is 2.03. The zero-order valence-electron chi connectivity index (χ0n) is 7.04. The Labute approximate surface area is 72.2 Å². The number of amidine groups is 1. The summed E-state index contributed by atoms with van der Waals surface area (Å²) in [6, 6.07) is 9.83. The van der Waals surface area contributed by atoms with Gasteiger partial charge in [-0.25, -0.2) is 0 Å². The first-order chi connectivity index (χ1) is 5.70. The highest BCUT2D eigenvalue weighted by Gasteiger charge is 1.91. The van der Waals surface area contributed by atoms with E-state index >= 15 is 0 Å². The van der Waals surface area contributed by atoms with Crippen LogP contribution in [0.25, 0.3) is 6.08 Å². The molecule has 0 amide bonds. The van der Waals surface area contributed by atoms with Crippen LogP contribution in [0, 0.1) is 5.41 Å². The van der Waals surface area contributed by atoms with Crippen molar-refractivity contribution in [1.29, 1.82) is 5.41 Å². The molecular weight excluding hydrogens is 148 g/mol. The van der Waals surface area contributed by atoms with Crippen LogP contribution >= 0.6 is 0 Å². The molecule has 0 aliphatic rings. The van der Waals surface area contributed by atoms with E-state index < -0.39 is 0 Å². The minimum atomic E-state index is 0.124. The van der Waals surface area contributed by atoms with Gasteiger partial charge in [-0.1, -0.05) is 30.3 Å². The summed E-state index contributed by atoms with van der Waals surface area (Å²) in [6.45, 7) is 1.83. The van der Waals surface area contributed by atoms with Crippen LogP contribution in [0.1, 0.15) is 12.5 Å². The van der Waals surface area contributed by atoms with Crippen molar-refractivity contribution >= 4 is 11.9 Å².